The predicted molar refractivity (Wildman–Crippen MR) is 55.7 cm³/mol. The van der Waals surface area contributed by atoms with Crippen molar-refractivity contribution in [3.63, 3.8) is 0 Å². The number of nitrogens with zero attached hydrogens (tertiary/aromatic N) is 1. The fourth-order valence-corrected chi connectivity index (χ4v) is 2.35. The number of amides is 1. The summed E-state index contributed by atoms with van der Waals surface area (Å²) in [7, 11) is 0. The van der Waals surface area contributed by atoms with E-state index in [9.17, 15) is 4.79 Å². The smallest absolute Gasteiger partial charge is 0.240 e. The molecule has 1 heterocycles. The summed E-state index contributed by atoms with van der Waals surface area (Å²) in [5.41, 5.74) is 0. The van der Waals surface area contributed by atoms with Gasteiger partial charge in [-0.2, -0.15) is 0 Å². The summed E-state index contributed by atoms with van der Waals surface area (Å²) in [5.74, 6) is 0.804. The van der Waals surface area contributed by atoms with E-state index in [-0.39, 0.29) is 12.2 Å². The first-order valence-electron chi connectivity index (χ1n) is 5.69. The average molecular weight is 196 g/mol. The molecule has 3 heteroatoms. The molecular weight excluding hydrogens is 176 g/mol. The molecule has 1 aliphatic carbocycles. The van der Waals surface area contributed by atoms with Crippen molar-refractivity contribution in [3.8, 4) is 0 Å². The molecule has 2 atom stereocenters. The van der Waals surface area contributed by atoms with Gasteiger partial charge >= 0.3 is 0 Å². The number of rotatable bonds is 2. The molecule has 2 aliphatic rings. The SMILES string of the molecule is CC1NC(C(C)C)N(C2CCC2)C1=O. The fourth-order valence-electron chi connectivity index (χ4n) is 2.35. The van der Waals surface area contributed by atoms with Crippen LogP contribution in [0.2, 0.25) is 0 Å². The first-order valence-corrected chi connectivity index (χ1v) is 5.69. The standard InChI is InChI=1S/C11H20N2O/c1-7(2)10-12-8(3)11(14)13(10)9-5-4-6-9/h7-10,12H,4-6H2,1-3H3. The van der Waals surface area contributed by atoms with Gasteiger partial charge in [-0.25, -0.2) is 0 Å². The van der Waals surface area contributed by atoms with E-state index >= 15 is 0 Å². The first-order chi connectivity index (χ1) is 6.61. The van der Waals surface area contributed by atoms with Crippen molar-refractivity contribution in [2.24, 2.45) is 5.92 Å². The number of nitrogens with one attached hydrogen (secondary N) is 1. The normalized spacial score (nSPS) is 34.0. The zero-order chi connectivity index (χ0) is 10.3. The van der Waals surface area contributed by atoms with Gasteiger partial charge in [0.15, 0.2) is 0 Å². The lowest BCUT2D eigenvalue weighted by Gasteiger charge is -2.39. The van der Waals surface area contributed by atoms with Crippen LogP contribution in [0.3, 0.4) is 0 Å². The number of hydrogen-bond acceptors (Lipinski definition) is 2. The average Bonchev–Trinajstić information content (AvgIpc) is 2.29. The number of hydrogen-bond donors (Lipinski definition) is 1. The summed E-state index contributed by atoms with van der Waals surface area (Å²) in [5, 5.41) is 3.38. The zero-order valence-electron chi connectivity index (χ0n) is 9.29. The molecule has 1 aliphatic heterocycles. The molecule has 0 aromatic rings. The molecule has 1 saturated carbocycles. The van der Waals surface area contributed by atoms with Crippen LogP contribution in [0, 0.1) is 5.92 Å². The maximum atomic E-state index is 11.9. The lowest BCUT2D eigenvalue weighted by Crippen LogP contribution is -2.49. The van der Waals surface area contributed by atoms with Crippen LogP contribution in [-0.4, -0.2) is 29.1 Å². The minimum Gasteiger partial charge on any atom is -0.323 e. The van der Waals surface area contributed by atoms with Crippen LogP contribution in [0.5, 0.6) is 0 Å². The van der Waals surface area contributed by atoms with Gasteiger partial charge in [-0.1, -0.05) is 13.8 Å². The molecular formula is C11H20N2O. The van der Waals surface area contributed by atoms with Crippen molar-refractivity contribution in [1.29, 1.82) is 0 Å². The van der Waals surface area contributed by atoms with Crippen molar-refractivity contribution in [2.45, 2.75) is 58.3 Å². The van der Waals surface area contributed by atoms with Crippen molar-refractivity contribution >= 4 is 5.91 Å². The summed E-state index contributed by atoms with van der Waals surface area (Å²) < 4.78 is 0. The summed E-state index contributed by atoms with van der Waals surface area (Å²) in [6.07, 6.45) is 3.95. The van der Waals surface area contributed by atoms with Gasteiger partial charge in [-0.3, -0.25) is 10.1 Å². The lowest BCUT2D eigenvalue weighted by atomic mass is 9.90. The van der Waals surface area contributed by atoms with Crippen molar-refractivity contribution in [2.75, 3.05) is 0 Å². The van der Waals surface area contributed by atoms with E-state index < -0.39 is 0 Å². The molecule has 1 saturated heterocycles. The molecule has 2 rings (SSSR count). The summed E-state index contributed by atoms with van der Waals surface area (Å²) >= 11 is 0. The van der Waals surface area contributed by atoms with Gasteiger partial charge in [-0.15, -0.1) is 0 Å². The maximum Gasteiger partial charge on any atom is 0.240 e. The summed E-state index contributed by atoms with van der Waals surface area (Å²) in [6, 6.07) is 0.537. The fraction of sp³-hybridized carbons (Fsp3) is 0.909. The van der Waals surface area contributed by atoms with Gasteiger partial charge in [0.1, 0.15) is 0 Å². The molecule has 0 bridgehead atoms. The highest BCUT2D eigenvalue weighted by molar-refractivity contribution is 5.84. The summed E-state index contributed by atoms with van der Waals surface area (Å²) in [6.45, 7) is 6.32. The Hall–Kier alpha value is -0.570. The molecule has 14 heavy (non-hydrogen) atoms. The Balaban J connectivity index is 2.12. The number of carbonyl (C=O) groups excluding carboxylic acids is 1. The third-order valence-corrected chi connectivity index (χ3v) is 3.44. The number of carbonyl (C=O) groups is 1. The molecule has 0 spiro atoms. The maximum absolute atomic E-state index is 11.9. The highest BCUT2D eigenvalue weighted by Gasteiger charge is 2.43. The highest BCUT2D eigenvalue weighted by atomic mass is 16.2. The van der Waals surface area contributed by atoms with Gasteiger partial charge in [0.25, 0.3) is 0 Å². The van der Waals surface area contributed by atoms with E-state index in [0.29, 0.717) is 17.9 Å². The van der Waals surface area contributed by atoms with Crippen LogP contribution in [0.15, 0.2) is 0 Å². The van der Waals surface area contributed by atoms with E-state index in [4.69, 9.17) is 0 Å². The Labute approximate surface area is 85.8 Å². The van der Waals surface area contributed by atoms with Crippen LogP contribution in [0.4, 0.5) is 0 Å². The Kier molecular flexibility index (Phi) is 2.52. The lowest BCUT2D eigenvalue weighted by molar-refractivity contribution is -0.134. The third-order valence-electron chi connectivity index (χ3n) is 3.44. The second kappa shape index (κ2) is 3.54. The largest absolute Gasteiger partial charge is 0.323 e. The molecule has 2 unspecified atom stereocenters. The summed E-state index contributed by atoms with van der Waals surface area (Å²) in [4.78, 5) is 14.0. The van der Waals surface area contributed by atoms with Crippen LogP contribution in [0.25, 0.3) is 0 Å². The van der Waals surface area contributed by atoms with Crippen LogP contribution < -0.4 is 5.32 Å². The molecule has 0 radical (unpaired) electrons. The molecule has 3 nitrogen and oxygen atoms in total. The Bertz CT molecular complexity index is 235. The second-order valence-corrected chi connectivity index (χ2v) is 4.91. The minimum absolute atomic E-state index is 0.0167. The monoisotopic (exact) mass is 196 g/mol. The van der Waals surface area contributed by atoms with Gasteiger partial charge in [0.05, 0.1) is 12.2 Å². The third kappa shape index (κ3) is 1.44. The van der Waals surface area contributed by atoms with Gasteiger partial charge < -0.3 is 4.90 Å². The van der Waals surface area contributed by atoms with Crippen molar-refractivity contribution in [1.82, 2.24) is 10.2 Å². The molecule has 0 aromatic carbocycles. The van der Waals surface area contributed by atoms with Gasteiger partial charge in [0, 0.05) is 6.04 Å². The van der Waals surface area contributed by atoms with E-state index in [1.807, 2.05) is 6.92 Å². The second-order valence-electron chi connectivity index (χ2n) is 4.91. The van der Waals surface area contributed by atoms with Crippen LogP contribution in [-0.2, 0) is 4.79 Å². The highest BCUT2D eigenvalue weighted by Crippen LogP contribution is 2.31. The Morgan fingerprint density at radius 2 is 2.07 bits per heavy atom. The van der Waals surface area contributed by atoms with E-state index in [2.05, 4.69) is 24.1 Å². The Morgan fingerprint density at radius 3 is 2.50 bits per heavy atom. The topological polar surface area (TPSA) is 32.3 Å². The van der Waals surface area contributed by atoms with E-state index in [0.717, 1.165) is 0 Å². The van der Waals surface area contributed by atoms with Gasteiger partial charge in [0.2, 0.25) is 5.91 Å². The van der Waals surface area contributed by atoms with Crippen molar-refractivity contribution in [3.05, 3.63) is 0 Å². The predicted octanol–water partition coefficient (Wildman–Crippen LogP) is 1.34. The first kappa shape index (κ1) is 9.97. The minimum atomic E-state index is 0.0167. The van der Waals surface area contributed by atoms with Crippen LogP contribution >= 0.6 is 0 Å². The molecule has 2 fully saturated rings. The van der Waals surface area contributed by atoms with E-state index in [1.54, 1.807) is 0 Å². The molecule has 80 valence electrons. The van der Waals surface area contributed by atoms with Gasteiger partial charge in [-0.05, 0) is 32.1 Å². The van der Waals surface area contributed by atoms with E-state index in [1.165, 1.54) is 19.3 Å². The molecule has 0 aromatic heterocycles. The van der Waals surface area contributed by atoms with Crippen molar-refractivity contribution < 1.29 is 4.79 Å². The molecule has 1 N–H and O–H groups in total. The zero-order valence-corrected chi connectivity index (χ0v) is 9.29. The molecule has 1 amide bonds. The van der Waals surface area contributed by atoms with Crippen LogP contribution in [0.1, 0.15) is 40.0 Å². The quantitative estimate of drug-likeness (QED) is 0.723. The Morgan fingerprint density at radius 1 is 1.43 bits per heavy atom.